The van der Waals surface area contributed by atoms with Gasteiger partial charge in [-0.25, -0.2) is 0 Å². The van der Waals surface area contributed by atoms with Crippen molar-refractivity contribution >= 4 is 78.6 Å². The molecule has 0 saturated heterocycles. The molecule has 0 aliphatic heterocycles. The molecule has 0 amide bonds. The summed E-state index contributed by atoms with van der Waals surface area (Å²) in [6.45, 7) is 0. The molecule has 6 heteroatoms. The molecule has 15 rings (SSSR count). The van der Waals surface area contributed by atoms with E-state index in [2.05, 4.69) is 337 Å². The number of benzene rings is 14. The molecule has 4 N–H and O–H groups in total. The second-order valence-corrected chi connectivity index (χ2v) is 24.7. The molecule has 0 heterocycles. The van der Waals surface area contributed by atoms with E-state index in [1.807, 2.05) is 12.1 Å². The van der Waals surface area contributed by atoms with Crippen molar-refractivity contribution in [2.75, 3.05) is 21.3 Å². The number of carbonyl (C=O) groups is 2. The molecule has 1 fully saturated rings. The maximum absolute atomic E-state index is 13.7. The van der Waals surface area contributed by atoms with E-state index in [1.54, 1.807) is 0 Å². The number of ketones is 2. The molecular weight excluding hydrogens is 1140 g/mol. The molecule has 0 aromatic heterocycles. The number of hydrogen-bond acceptors (Lipinski definition) is 6. The Hall–Kier alpha value is -11.9. The van der Waals surface area contributed by atoms with Crippen LogP contribution in [0.3, 0.4) is 0 Å². The third-order valence-corrected chi connectivity index (χ3v) is 18.4. The Labute approximate surface area is 549 Å². The topological polar surface area (TPSA) is 82.3 Å². The Morgan fingerprint density at radius 3 is 0.926 bits per heavy atom. The maximum atomic E-state index is 13.7. The molecule has 0 bridgehead atoms. The van der Waals surface area contributed by atoms with Gasteiger partial charge in [-0.3, -0.25) is 9.59 Å². The average molecular weight is 1210 g/mol. The van der Waals surface area contributed by atoms with Gasteiger partial charge in [-0.2, -0.15) is 0 Å². The standard InChI is InChI=1S/C88H68N4O2/c93-87-58-72(54-60-27-41-74(42-28-60)90-76-45-31-62(32-46-76)70-38-52-84(66-15-5-2-6-16-66)86(56-70)92-78-49-35-68(36-50-78)82-24-12-20-64-18-8-10-22-80(64)82)88(94)57-71(87)53-59-25-39-73(40-26-59)89-75-43-29-61(30-44-75)69-37-51-83(65-13-3-1-4-14-65)85(55-69)91-77-47-33-67(34-48-77)81-23-11-19-63-17-7-9-21-79(63)81/h1-52,55-56,71-72,89-92H,53-54,57-58H2. The highest BCUT2D eigenvalue weighted by molar-refractivity contribution is 5.99. The number of hydrogen-bond donors (Lipinski definition) is 4. The summed E-state index contributed by atoms with van der Waals surface area (Å²) in [7, 11) is 0. The van der Waals surface area contributed by atoms with Gasteiger partial charge in [0.05, 0.1) is 0 Å². The third kappa shape index (κ3) is 13.0. The monoisotopic (exact) mass is 1210 g/mol. The molecule has 14 aromatic rings. The van der Waals surface area contributed by atoms with E-state index in [4.69, 9.17) is 0 Å². The molecule has 1 saturated carbocycles. The lowest BCUT2D eigenvalue weighted by Gasteiger charge is -2.26. The quantitative estimate of drug-likeness (QED) is 0.0685. The van der Waals surface area contributed by atoms with E-state index in [0.717, 1.165) is 101 Å². The van der Waals surface area contributed by atoms with Gasteiger partial charge in [0.1, 0.15) is 11.6 Å². The van der Waals surface area contributed by atoms with Crippen LogP contribution in [0.4, 0.5) is 45.5 Å². The SMILES string of the molecule is O=C1CC(Cc2ccc(Nc3ccc(-c4ccc(-c5ccccc5)c(Nc5ccc(-c6cccc7ccccc67)cc5)c4)cc3)cc2)C(=O)CC1Cc1ccc(Nc2ccc(-c3ccc(-c4ccccc4)c(Nc4ccc(-c5cccc6ccccc56)cc4)c3)cc2)cc1. The summed E-state index contributed by atoms with van der Waals surface area (Å²) in [6, 6.07) is 115. The molecule has 94 heavy (non-hydrogen) atoms. The van der Waals surface area contributed by atoms with Crippen molar-refractivity contribution < 1.29 is 9.59 Å². The first-order valence-corrected chi connectivity index (χ1v) is 32.4. The van der Waals surface area contributed by atoms with Crippen LogP contribution < -0.4 is 21.3 Å². The summed E-state index contributed by atoms with van der Waals surface area (Å²) >= 11 is 0. The second kappa shape index (κ2) is 26.5. The normalized spacial score (nSPS) is 13.8. The van der Waals surface area contributed by atoms with Crippen molar-refractivity contribution in [3.8, 4) is 66.8 Å². The Kier molecular flexibility index (Phi) is 16.5. The van der Waals surface area contributed by atoms with Crippen LogP contribution >= 0.6 is 0 Å². The number of fused-ring (bicyclic) bond motifs is 2. The number of Topliss-reactive ketones (excluding diaryl/α,β-unsaturated/α-hetero) is 2. The largest absolute Gasteiger partial charge is 0.356 e. The smallest absolute Gasteiger partial charge is 0.137 e. The van der Waals surface area contributed by atoms with Crippen molar-refractivity contribution in [2.24, 2.45) is 11.8 Å². The zero-order valence-corrected chi connectivity index (χ0v) is 52.0. The lowest BCUT2D eigenvalue weighted by atomic mass is 9.75. The number of rotatable bonds is 18. The van der Waals surface area contributed by atoms with E-state index >= 15 is 0 Å². The fourth-order valence-corrected chi connectivity index (χ4v) is 13.4. The molecule has 2 unspecified atom stereocenters. The fourth-order valence-electron chi connectivity index (χ4n) is 13.4. The number of nitrogens with one attached hydrogen (secondary N) is 4. The zero-order valence-electron chi connectivity index (χ0n) is 52.0. The first kappa shape index (κ1) is 58.5. The van der Waals surface area contributed by atoms with E-state index in [1.165, 1.54) is 43.8 Å². The van der Waals surface area contributed by atoms with Crippen LogP contribution in [0, 0.1) is 11.8 Å². The Balaban J connectivity index is 0.542. The molecule has 1 aliphatic carbocycles. The van der Waals surface area contributed by atoms with Gasteiger partial charge in [0.25, 0.3) is 0 Å². The van der Waals surface area contributed by atoms with Gasteiger partial charge in [-0.05, 0) is 186 Å². The van der Waals surface area contributed by atoms with Crippen LogP contribution in [-0.4, -0.2) is 11.6 Å². The predicted octanol–water partition coefficient (Wildman–Crippen LogP) is 22.9. The van der Waals surface area contributed by atoms with Crippen LogP contribution in [-0.2, 0) is 22.4 Å². The molecule has 452 valence electrons. The van der Waals surface area contributed by atoms with Gasteiger partial charge < -0.3 is 21.3 Å². The highest BCUT2D eigenvalue weighted by Crippen LogP contribution is 2.40. The second-order valence-electron chi connectivity index (χ2n) is 24.7. The maximum Gasteiger partial charge on any atom is 0.137 e. The first-order valence-electron chi connectivity index (χ1n) is 32.4. The Morgan fingerprint density at radius 2 is 0.543 bits per heavy atom. The van der Waals surface area contributed by atoms with Gasteiger partial charge in [-0.1, -0.05) is 243 Å². The lowest BCUT2D eigenvalue weighted by molar-refractivity contribution is -0.136. The molecule has 0 spiro atoms. The molecule has 1 aliphatic rings. The minimum absolute atomic E-state index is 0.167. The van der Waals surface area contributed by atoms with Gasteiger partial charge >= 0.3 is 0 Å². The van der Waals surface area contributed by atoms with E-state index in [0.29, 0.717) is 12.8 Å². The van der Waals surface area contributed by atoms with Crippen molar-refractivity contribution in [1.29, 1.82) is 0 Å². The Bertz CT molecular complexity index is 4680. The summed E-state index contributed by atoms with van der Waals surface area (Å²) in [6.07, 6.45) is 1.64. The molecule has 0 radical (unpaired) electrons. The fraction of sp³-hybridized carbons (Fsp3) is 0.0682. The summed E-state index contributed by atoms with van der Waals surface area (Å²) in [5, 5.41) is 19.6. The predicted molar refractivity (Wildman–Crippen MR) is 393 cm³/mol. The van der Waals surface area contributed by atoms with Gasteiger partial charge in [0.15, 0.2) is 0 Å². The highest BCUT2D eigenvalue weighted by atomic mass is 16.1. The summed E-state index contributed by atoms with van der Waals surface area (Å²) in [5.74, 6) is -0.297. The van der Waals surface area contributed by atoms with Crippen molar-refractivity contribution in [2.45, 2.75) is 25.7 Å². The Morgan fingerprint density at radius 1 is 0.245 bits per heavy atom. The highest BCUT2D eigenvalue weighted by Gasteiger charge is 2.35. The van der Waals surface area contributed by atoms with E-state index in [-0.39, 0.29) is 36.2 Å². The van der Waals surface area contributed by atoms with Crippen LogP contribution in [0.1, 0.15) is 24.0 Å². The van der Waals surface area contributed by atoms with E-state index in [9.17, 15) is 9.59 Å². The van der Waals surface area contributed by atoms with Crippen LogP contribution in [0.25, 0.3) is 88.3 Å². The van der Waals surface area contributed by atoms with Gasteiger partial charge in [-0.15, -0.1) is 0 Å². The molecule has 6 nitrogen and oxygen atoms in total. The van der Waals surface area contributed by atoms with Gasteiger partial charge in [0, 0.05) is 81.3 Å². The lowest BCUT2D eigenvalue weighted by Crippen LogP contribution is -2.34. The average Bonchev–Trinajstić information content (AvgIpc) is 2.11. The third-order valence-electron chi connectivity index (χ3n) is 18.4. The van der Waals surface area contributed by atoms with Gasteiger partial charge in [0.2, 0.25) is 0 Å². The van der Waals surface area contributed by atoms with Crippen LogP contribution in [0.5, 0.6) is 0 Å². The zero-order chi connectivity index (χ0) is 63.2. The van der Waals surface area contributed by atoms with Crippen LogP contribution in [0.15, 0.2) is 328 Å². The molecular formula is C88H68N4O2. The van der Waals surface area contributed by atoms with Crippen molar-refractivity contribution in [1.82, 2.24) is 0 Å². The van der Waals surface area contributed by atoms with Crippen molar-refractivity contribution in [3.05, 3.63) is 339 Å². The number of carbonyl (C=O) groups excluding carboxylic acids is 2. The van der Waals surface area contributed by atoms with Crippen LogP contribution in [0.2, 0.25) is 0 Å². The summed E-state index contributed by atoms with van der Waals surface area (Å²) in [4.78, 5) is 27.4. The summed E-state index contributed by atoms with van der Waals surface area (Å²) < 4.78 is 0. The minimum atomic E-state index is -0.315. The molecule has 2 atom stereocenters. The minimum Gasteiger partial charge on any atom is -0.356 e. The van der Waals surface area contributed by atoms with Crippen molar-refractivity contribution in [3.63, 3.8) is 0 Å². The number of anilines is 8. The molecule has 14 aromatic carbocycles. The van der Waals surface area contributed by atoms with E-state index < -0.39 is 0 Å². The summed E-state index contributed by atoms with van der Waals surface area (Å²) in [5.41, 5.74) is 23.8. The first-order chi connectivity index (χ1) is 46.3.